The van der Waals surface area contributed by atoms with E-state index in [9.17, 15) is 9.59 Å². The fourth-order valence-corrected chi connectivity index (χ4v) is 2.79. The van der Waals surface area contributed by atoms with E-state index in [0.29, 0.717) is 24.4 Å². The minimum atomic E-state index is -0.237. The molecule has 1 saturated heterocycles. The van der Waals surface area contributed by atoms with Gasteiger partial charge < -0.3 is 14.1 Å². The molecule has 1 atom stereocenters. The zero-order valence-corrected chi connectivity index (χ0v) is 12.5. The highest BCUT2D eigenvalue weighted by molar-refractivity contribution is 5.97. The topological polar surface area (TPSA) is 59.8 Å². The molecule has 1 unspecified atom stereocenters. The first-order chi connectivity index (χ1) is 9.45. The number of hydrogen-bond acceptors (Lipinski definition) is 4. The number of carbonyl (C=O) groups is 2. The van der Waals surface area contributed by atoms with Gasteiger partial charge in [0.2, 0.25) is 0 Å². The van der Waals surface area contributed by atoms with E-state index in [1.165, 1.54) is 7.11 Å². The summed E-state index contributed by atoms with van der Waals surface area (Å²) in [7, 11) is 1.39. The normalized spacial score (nSPS) is 19.0. The van der Waals surface area contributed by atoms with Crippen LogP contribution in [0.1, 0.15) is 40.3 Å². The van der Waals surface area contributed by atoms with Gasteiger partial charge in [-0.1, -0.05) is 0 Å². The molecule has 0 bridgehead atoms. The predicted octanol–water partition coefficient (Wildman–Crippen LogP) is 2.23. The van der Waals surface area contributed by atoms with Crippen molar-refractivity contribution >= 4 is 11.9 Å². The molecule has 1 amide bonds. The number of esters is 1. The number of aryl methyl sites for hydroxylation is 2. The van der Waals surface area contributed by atoms with Crippen molar-refractivity contribution in [1.29, 1.82) is 0 Å². The monoisotopic (exact) mass is 279 g/mol. The molecule has 1 fully saturated rings. The highest BCUT2D eigenvalue weighted by atomic mass is 16.5. The van der Waals surface area contributed by atoms with E-state index in [1.54, 1.807) is 11.8 Å². The Morgan fingerprint density at radius 3 is 2.50 bits per heavy atom. The summed E-state index contributed by atoms with van der Waals surface area (Å²) >= 11 is 0. The Bertz CT molecular complexity index is 532. The fourth-order valence-electron chi connectivity index (χ4n) is 2.79. The van der Waals surface area contributed by atoms with Gasteiger partial charge in [-0.15, -0.1) is 0 Å². The lowest BCUT2D eigenvalue weighted by atomic mass is 9.97. The molecule has 0 aliphatic carbocycles. The van der Waals surface area contributed by atoms with E-state index in [0.717, 1.165) is 24.2 Å². The lowest BCUT2D eigenvalue weighted by Crippen LogP contribution is -2.42. The van der Waals surface area contributed by atoms with Gasteiger partial charge in [0.15, 0.2) is 0 Å². The summed E-state index contributed by atoms with van der Waals surface area (Å²) in [6.07, 6.45) is 1.60. The Kier molecular flexibility index (Phi) is 4.16. The molecule has 2 rings (SSSR count). The summed E-state index contributed by atoms with van der Waals surface area (Å²) in [4.78, 5) is 26.0. The van der Waals surface area contributed by atoms with Crippen molar-refractivity contribution in [3.05, 3.63) is 22.6 Å². The number of amides is 1. The van der Waals surface area contributed by atoms with E-state index in [1.807, 2.05) is 13.8 Å². The molecule has 1 aliphatic heterocycles. The van der Waals surface area contributed by atoms with E-state index in [-0.39, 0.29) is 17.8 Å². The van der Waals surface area contributed by atoms with Crippen molar-refractivity contribution in [2.75, 3.05) is 20.2 Å². The van der Waals surface area contributed by atoms with Gasteiger partial charge in [0.25, 0.3) is 5.91 Å². The first kappa shape index (κ1) is 14.6. The largest absolute Gasteiger partial charge is 0.469 e. The van der Waals surface area contributed by atoms with E-state index in [4.69, 9.17) is 9.15 Å². The van der Waals surface area contributed by atoms with Crippen molar-refractivity contribution in [2.24, 2.45) is 5.92 Å². The molecule has 1 aromatic rings. The number of rotatable bonds is 2. The van der Waals surface area contributed by atoms with Gasteiger partial charge in [0, 0.05) is 18.7 Å². The van der Waals surface area contributed by atoms with E-state index in [2.05, 4.69) is 0 Å². The molecule has 2 heterocycles. The van der Waals surface area contributed by atoms with Crippen LogP contribution >= 0.6 is 0 Å². The van der Waals surface area contributed by atoms with Gasteiger partial charge >= 0.3 is 5.97 Å². The Hall–Kier alpha value is -1.78. The van der Waals surface area contributed by atoms with Gasteiger partial charge in [-0.2, -0.15) is 0 Å². The van der Waals surface area contributed by atoms with Crippen molar-refractivity contribution in [1.82, 2.24) is 4.90 Å². The van der Waals surface area contributed by atoms with Crippen LogP contribution in [0.3, 0.4) is 0 Å². The second kappa shape index (κ2) is 5.69. The summed E-state index contributed by atoms with van der Waals surface area (Å²) < 4.78 is 10.3. The number of piperidine rings is 1. The Morgan fingerprint density at radius 1 is 1.25 bits per heavy atom. The minimum Gasteiger partial charge on any atom is -0.469 e. The molecule has 0 N–H and O–H groups in total. The molecular formula is C15H21NO4. The summed E-state index contributed by atoms with van der Waals surface area (Å²) in [6, 6.07) is 0. The SMILES string of the molecule is COC(=O)C1CCCN(C(=O)c2c(C)oc(C)c2C)C1. The van der Waals surface area contributed by atoms with Crippen molar-refractivity contribution in [2.45, 2.75) is 33.6 Å². The summed E-state index contributed by atoms with van der Waals surface area (Å²) in [5, 5.41) is 0. The Balaban J connectivity index is 2.18. The predicted molar refractivity (Wildman–Crippen MR) is 73.6 cm³/mol. The van der Waals surface area contributed by atoms with Gasteiger partial charge in [-0.3, -0.25) is 9.59 Å². The maximum atomic E-state index is 12.6. The third-order valence-electron chi connectivity index (χ3n) is 4.02. The number of nitrogens with zero attached hydrogens (tertiary/aromatic N) is 1. The number of carbonyl (C=O) groups excluding carboxylic acids is 2. The second-order valence-electron chi connectivity index (χ2n) is 5.33. The van der Waals surface area contributed by atoms with Crippen LogP contribution in [0.5, 0.6) is 0 Å². The molecule has 0 saturated carbocycles. The fraction of sp³-hybridized carbons (Fsp3) is 0.600. The maximum absolute atomic E-state index is 12.6. The maximum Gasteiger partial charge on any atom is 0.310 e. The molecule has 20 heavy (non-hydrogen) atoms. The zero-order chi connectivity index (χ0) is 14.9. The van der Waals surface area contributed by atoms with Crippen molar-refractivity contribution < 1.29 is 18.7 Å². The van der Waals surface area contributed by atoms with Crippen LogP contribution in [0.25, 0.3) is 0 Å². The summed E-state index contributed by atoms with van der Waals surface area (Å²) in [6.45, 7) is 6.65. The Morgan fingerprint density at radius 2 is 1.95 bits per heavy atom. The molecule has 5 nitrogen and oxygen atoms in total. The van der Waals surface area contributed by atoms with Gasteiger partial charge in [0.1, 0.15) is 11.5 Å². The Labute approximate surface area is 118 Å². The number of hydrogen-bond donors (Lipinski definition) is 0. The number of ether oxygens (including phenoxy) is 1. The van der Waals surface area contributed by atoms with Crippen LogP contribution in [-0.2, 0) is 9.53 Å². The number of likely N-dealkylation sites (tertiary alicyclic amines) is 1. The zero-order valence-electron chi connectivity index (χ0n) is 12.5. The van der Waals surface area contributed by atoms with Crippen LogP contribution in [0.2, 0.25) is 0 Å². The lowest BCUT2D eigenvalue weighted by Gasteiger charge is -2.31. The molecule has 110 valence electrons. The van der Waals surface area contributed by atoms with Crippen LogP contribution in [0, 0.1) is 26.7 Å². The lowest BCUT2D eigenvalue weighted by molar-refractivity contribution is -0.146. The standard InChI is InChI=1S/C15H21NO4/c1-9-10(2)20-11(3)13(9)14(17)16-7-5-6-12(8-16)15(18)19-4/h12H,5-8H2,1-4H3. The van der Waals surface area contributed by atoms with Crippen LogP contribution in [-0.4, -0.2) is 37.0 Å². The van der Waals surface area contributed by atoms with Crippen LogP contribution in [0.4, 0.5) is 0 Å². The quantitative estimate of drug-likeness (QED) is 0.779. The minimum absolute atomic E-state index is 0.0505. The van der Waals surface area contributed by atoms with Gasteiger partial charge in [0.05, 0.1) is 18.6 Å². The average molecular weight is 279 g/mol. The molecule has 1 aliphatic rings. The third-order valence-corrected chi connectivity index (χ3v) is 4.02. The van der Waals surface area contributed by atoms with Crippen LogP contribution < -0.4 is 0 Å². The van der Waals surface area contributed by atoms with E-state index < -0.39 is 0 Å². The van der Waals surface area contributed by atoms with Gasteiger partial charge in [-0.25, -0.2) is 0 Å². The van der Waals surface area contributed by atoms with E-state index >= 15 is 0 Å². The smallest absolute Gasteiger partial charge is 0.310 e. The summed E-state index contributed by atoms with van der Waals surface area (Å²) in [5.74, 6) is 0.911. The molecule has 0 radical (unpaired) electrons. The highest BCUT2D eigenvalue weighted by Crippen LogP contribution is 2.25. The third kappa shape index (κ3) is 2.57. The first-order valence-corrected chi connectivity index (χ1v) is 6.89. The van der Waals surface area contributed by atoms with Gasteiger partial charge in [-0.05, 0) is 33.6 Å². The molecular weight excluding hydrogens is 258 g/mol. The molecule has 0 spiro atoms. The number of furan rings is 1. The van der Waals surface area contributed by atoms with Crippen LogP contribution in [0.15, 0.2) is 4.42 Å². The average Bonchev–Trinajstić information content (AvgIpc) is 2.70. The van der Waals surface area contributed by atoms with Crippen molar-refractivity contribution in [3.63, 3.8) is 0 Å². The highest BCUT2D eigenvalue weighted by Gasteiger charge is 2.31. The number of methoxy groups -OCH3 is 1. The molecule has 1 aromatic heterocycles. The second-order valence-corrected chi connectivity index (χ2v) is 5.33. The summed E-state index contributed by atoms with van der Waals surface area (Å²) in [5.41, 5.74) is 1.51. The molecule has 0 aromatic carbocycles. The van der Waals surface area contributed by atoms with Crippen molar-refractivity contribution in [3.8, 4) is 0 Å². The first-order valence-electron chi connectivity index (χ1n) is 6.89. The molecule has 5 heteroatoms.